The van der Waals surface area contributed by atoms with Gasteiger partial charge in [-0.2, -0.15) is 0 Å². The lowest BCUT2D eigenvalue weighted by Gasteiger charge is -2.01. The molecule has 0 N–H and O–H groups in total. The summed E-state index contributed by atoms with van der Waals surface area (Å²) in [7, 11) is 0. The number of halogens is 1. The molecular weight excluding hydrogens is 176 g/mol. The van der Waals surface area contributed by atoms with E-state index in [2.05, 4.69) is 28.1 Å². The Morgan fingerprint density at radius 3 is 2.11 bits per heavy atom. The first-order valence-corrected chi connectivity index (χ1v) is 4.62. The zero-order valence-corrected chi connectivity index (χ0v) is 6.71. The molecule has 0 aromatic heterocycles. The van der Waals surface area contributed by atoms with Crippen LogP contribution in [0.2, 0.25) is 0 Å². The van der Waals surface area contributed by atoms with Crippen molar-refractivity contribution in [3.8, 4) is 0 Å². The lowest BCUT2D eigenvalue weighted by atomic mass is 10.1. The number of fused-ring (bicyclic) bond motifs is 5. The topological polar surface area (TPSA) is 0 Å². The molecule has 1 heteroatoms. The smallest absolute Gasteiger partial charge is 0.0220 e. The predicted molar refractivity (Wildman–Crippen MR) is 40.4 cm³/mol. The molecule has 3 aliphatic carbocycles. The van der Waals surface area contributed by atoms with Crippen LogP contribution in [0.3, 0.4) is 0 Å². The van der Waals surface area contributed by atoms with Crippen molar-refractivity contribution in [3.05, 3.63) is 12.2 Å². The Balaban J connectivity index is 2.03. The van der Waals surface area contributed by atoms with Crippen molar-refractivity contribution < 1.29 is 0 Å². The Morgan fingerprint density at radius 1 is 1.11 bits per heavy atom. The van der Waals surface area contributed by atoms with Crippen molar-refractivity contribution in [2.75, 3.05) is 0 Å². The molecule has 1 unspecified atom stereocenters. The van der Waals surface area contributed by atoms with Gasteiger partial charge in [0.2, 0.25) is 0 Å². The first-order chi connectivity index (χ1) is 4.38. The van der Waals surface area contributed by atoms with Gasteiger partial charge in [0.25, 0.3) is 0 Å². The van der Waals surface area contributed by atoms with Crippen LogP contribution in [0.15, 0.2) is 12.2 Å². The molecule has 5 atom stereocenters. The Bertz CT molecular complexity index is 167. The zero-order valence-electron chi connectivity index (χ0n) is 5.13. The van der Waals surface area contributed by atoms with Gasteiger partial charge in [-0.25, -0.2) is 0 Å². The van der Waals surface area contributed by atoms with Crippen molar-refractivity contribution in [2.45, 2.75) is 11.2 Å². The van der Waals surface area contributed by atoms with Gasteiger partial charge in [0.05, 0.1) is 0 Å². The average molecular weight is 185 g/mol. The van der Waals surface area contributed by atoms with Gasteiger partial charge in [-0.05, 0) is 30.1 Å². The minimum Gasteiger partial charge on any atom is -0.0884 e. The van der Waals surface area contributed by atoms with Gasteiger partial charge in [-0.3, -0.25) is 0 Å². The van der Waals surface area contributed by atoms with Crippen LogP contribution in [0.1, 0.15) is 6.42 Å². The summed E-state index contributed by atoms with van der Waals surface area (Å²) in [5.41, 5.74) is 0. The van der Waals surface area contributed by atoms with Crippen LogP contribution in [0.4, 0.5) is 0 Å². The maximum atomic E-state index is 3.71. The van der Waals surface area contributed by atoms with E-state index < -0.39 is 0 Å². The van der Waals surface area contributed by atoms with Crippen molar-refractivity contribution in [2.24, 2.45) is 23.7 Å². The molecule has 0 spiro atoms. The molecule has 0 radical (unpaired) electrons. The summed E-state index contributed by atoms with van der Waals surface area (Å²) in [6.07, 6.45) is 6.32. The van der Waals surface area contributed by atoms with E-state index in [4.69, 9.17) is 0 Å². The lowest BCUT2D eigenvalue weighted by Crippen LogP contribution is -1.96. The molecule has 0 aliphatic heterocycles. The maximum Gasteiger partial charge on any atom is 0.0220 e. The Hall–Kier alpha value is 0.220. The highest BCUT2D eigenvalue weighted by Gasteiger charge is 2.62. The molecule has 0 aromatic carbocycles. The summed E-state index contributed by atoms with van der Waals surface area (Å²) in [5.74, 6) is 4.01. The second kappa shape index (κ2) is 1.29. The molecular formula is C8H9Br. The fourth-order valence-electron chi connectivity index (χ4n) is 2.69. The summed E-state index contributed by atoms with van der Waals surface area (Å²) >= 11 is 3.71. The van der Waals surface area contributed by atoms with Gasteiger partial charge in [0, 0.05) is 4.83 Å². The van der Waals surface area contributed by atoms with E-state index in [-0.39, 0.29) is 0 Å². The lowest BCUT2D eigenvalue weighted by molar-refractivity contribution is 0.582. The van der Waals surface area contributed by atoms with Crippen LogP contribution < -0.4 is 0 Å². The molecule has 2 bridgehead atoms. The third-order valence-electron chi connectivity index (χ3n) is 3.18. The van der Waals surface area contributed by atoms with E-state index in [0.29, 0.717) is 0 Å². The van der Waals surface area contributed by atoms with Gasteiger partial charge in [0.1, 0.15) is 0 Å². The fraction of sp³-hybridized carbons (Fsp3) is 0.750. The summed E-state index contributed by atoms with van der Waals surface area (Å²) < 4.78 is 0. The molecule has 0 heterocycles. The minimum atomic E-state index is 0.885. The summed E-state index contributed by atoms with van der Waals surface area (Å²) in [6, 6.07) is 0. The molecule has 0 saturated heterocycles. The van der Waals surface area contributed by atoms with Crippen molar-refractivity contribution in [1.82, 2.24) is 0 Å². The van der Waals surface area contributed by atoms with Crippen LogP contribution in [0, 0.1) is 23.7 Å². The van der Waals surface area contributed by atoms with Gasteiger partial charge >= 0.3 is 0 Å². The molecule has 48 valence electrons. The first kappa shape index (κ1) is 4.95. The molecule has 9 heavy (non-hydrogen) atoms. The molecule has 3 aliphatic rings. The highest BCUT2D eigenvalue weighted by atomic mass is 79.9. The van der Waals surface area contributed by atoms with Crippen LogP contribution in [-0.4, -0.2) is 4.83 Å². The molecule has 0 aromatic rings. The van der Waals surface area contributed by atoms with E-state index in [1.165, 1.54) is 6.42 Å². The molecule has 3 rings (SSSR count). The standard InChI is InChI=1S/C8H9Br/c9-8-6-4-1-2-5(3-4)7(6)8/h1-2,4-8H,3H2/t4-,5+,6+,7-,8?. The third kappa shape index (κ3) is 0.429. The molecule has 0 amide bonds. The normalized spacial score (nSPS) is 66.6. The average Bonchev–Trinajstić information content (AvgIpc) is 2.29. The van der Waals surface area contributed by atoms with Crippen LogP contribution in [-0.2, 0) is 0 Å². The number of hydrogen-bond donors (Lipinski definition) is 0. The van der Waals surface area contributed by atoms with Crippen LogP contribution >= 0.6 is 15.9 Å². The summed E-state index contributed by atoms with van der Waals surface area (Å²) in [4.78, 5) is 0.885. The third-order valence-corrected chi connectivity index (χ3v) is 4.40. The maximum absolute atomic E-state index is 3.71. The largest absolute Gasteiger partial charge is 0.0884 e. The van der Waals surface area contributed by atoms with Gasteiger partial charge in [-0.15, -0.1) is 0 Å². The number of allylic oxidation sites excluding steroid dienone is 2. The monoisotopic (exact) mass is 184 g/mol. The Kier molecular flexibility index (Phi) is 0.710. The van der Waals surface area contributed by atoms with Crippen molar-refractivity contribution in [3.63, 3.8) is 0 Å². The minimum absolute atomic E-state index is 0.885. The highest BCUT2D eigenvalue weighted by Crippen LogP contribution is 2.65. The second-order valence-electron chi connectivity index (χ2n) is 3.55. The molecule has 0 nitrogen and oxygen atoms in total. The van der Waals surface area contributed by atoms with E-state index >= 15 is 0 Å². The number of rotatable bonds is 0. The van der Waals surface area contributed by atoms with Gasteiger partial charge in [-0.1, -0.05) is 28.1 Å². The van der Waals surface area contributed by atoms with E-state index in [1.807, 2.05) is 0 Å². The first-order valence-electron chi connectivity index (χ1n) is 3.70. The summed E-state index contributed by atoms with van der Waals surface area (Å²) in [6.45, 7) is 0. The SMILES string of the molecule is BrC1[C@@H]2[C@H]1[C@H]1C=C[C@@H]2C1. The summed E-state index contributed by atoms with van der Waals surface area (Å²) in [5, 5.41) is 0. The molecule has 2 saturated carbocycles. The Labute approximate surface area is 63.5 Å². The van der Waals surface area contributed by atoms with Crippen LogP contribution in [0.5, 0.6) is 0 Å². The van der Waals surface area contributed by atoms with Crippen molar-refractivity contribution >= 4 is 15.9 Å². The fourth-order valence-corrected chi connectivity index (χ4v) is 4.00. The van der Waals surface area contributed by atoms with Gasteiger partial charge < -0.3 is 0 Å². The molecule has 2 fully saturated rings. The van der Waals surface area contributed by atoms with Gasteiger partial charge in [0.15, 0.2) is 0 Å². The van der Waals surface area contributed by atoms with E-state index in [1.54, 1.807) is 0 Å². The quantitative estimate of drug-likeness (QED) is 0.401. The van der Waals surface area contributed by atoms with E-state index in [9.17, 15) is 0 Å². The van der Waals surface area contributed by atoms with Crippen LogP contribution in [0.25, 0.3) is 0 Å². The van der Waals surface area contributed by atoms with Crippen molar-refractivity contribution in [1.29, 1.82) is 0 Å². The predicted octanol–water partition coefficient (Wildman–Crippen LogP) is 2.20. The number of alkyl halides is 1. The highest BCUT2D eigenvalue weighted by molar-refractivity contribution is 9.09. The van der Waals surface area contributed by atoms with E-state index in [0.717, 1.165) is 28.5 Å². The Morgan fingerprint density at radius 2 is 1.67 bits per heavy atom. The second-order valence-corrected chi connectivity index (χ2v) is 4.60. The zero-order chi connectivity index (χ0) is 6.01. The number of hydrogen-bond acceptors (Lipinski definition) is 0.